The molecule has 0 aromatic rings. The van der Waals surface area contributed by atoms with Gasteiger partial charge in [-0.25, -0.2) is 0 Å². The molecule has 1 heterocycles. The molecule has 1 saturated heterocycles. The molecule has 1 heteroatoms. The third kappa shape index (κ3) is 8.51. The molecule has 1 fully saturated rings. The molecule has 2 atom stereocenters. The summed E-state index contributed by atoms with van der Waals surface area (Å²) in [6.45, 7) is 14.8. The van der Waals surface area contributed by atoms with E-state index in [1.165, 1.54) is 5.57 Å². The summed E-state index contributed by atoms with van der Waals surface area (Å²) >= 11 is 0. The predicted molar refractivity (Wildman–Crippen MR) is 111 cm³/mol. The van der Waals surface area contributed by atoms with Crippen LogP contribution in [0.25, 0.3) is 0 Å². The minimum absolute atomic E-state index is 0.352. The number of hydrogen-bond acceptors (Lipinski definition) is 1. The average molecular weight is 336 g/mol. The topological polar surface area (TPSA) is 3.24 Å². The van der Waals surface area contributed by atoms with Gasteiger partial charge in [-0.05, 0) is 51.9 Å². The van der Waals surface area contributed by atoms with Crippen LogP contribution in [0.1, 0.15) is 66.7 Å². The summed E-state index contributed by atoms with van der Waals surface area (Å²) in [5.41, 5.74) is 3.48. The van der Waals surface area contributed by atoms with Crippen LogP contribution in [-0.4, -0.2) is 10.9 Å². The van der Waals surface area contributed by atoms with E-state index in [9.17, 15) is 0 Å². The molecule has 0 amide bonds. The van der Waals surface area contributed by atoms with Crippen molar-refractivity contribution in [3.63, 3.8) is 0 Å². The molecule has 0 aromatic heterocycles. The lowest BCUT2D eigenvalue weighted by Gasteiger charge is -2.17. The lowest BCUT2D eigenvalue weighted by Crippen LogP contribution is -2.20. The Kier molecular flexibility index (Phi) is 9.57. The first kappa shape index (κ1) is 20.9. The second kappa shape index (κ2) is 11.4. The van der Waals surface area contributed by atoms with Crippen LogP contribution in [0.5, 0.6) is 0 Å². The van der Waals surface area contributed by atoms with Gasteiger partial charge in [0.1, 0.15) is 0 Å². The normalized spacial score (nSPS) is 18.4. The molecule has 0 bridgehead atoms. The zero-order chi connectivity index (χ0) is 18.7. The van der Waals surface area contributed by atoms with Crippen LogP contribution >= 0.6 is 0 Å². The Morgan fingerprint density at radius 2 is 2.04 bits per heavy atom. The van der Waals surface area contributed by atoms with Gasteiger partial charge >= 0.3 is 0 Å². The maximum atomic E-state index is 4.17. The van der Waals surface area contributed by atoms with Crippen molar-refractivity contribution < 1.29 is 0 Å². The second-order valence-corrected chi connectivity index (χ2v) is 7.05. The third-order valence-electron chi connectivity index (χ3n) is 4.09. The summed E-state index contributed by atoms with van der Waals surface area (Å²) in [4.78, 5) is 2.14. The van der Waals surface area contributed by atoms with Gasteiger partial charge in [0.2, 0.25) is 0 Å². The zero-order valence-electron chi connectivity index (χ0n) is 16.7. The molecular formula is C24H33N. The number of likely N-dealkylation sites (tertiary alicyclic amines) is 1. The van der Waals surface area contributed by atoms with Gasteiger partial charge in [-0.15, -0.1) is 11.8 Å². The molecule has 0 aliphatic carbocycles. The SMILES string of the molecule is C=C1CCC(/C=C/CC(C)CC#CCC)N1C#C/C(C)=C/C=C(C)C. The van der Waals surface area contributed by atoms with E-state index in [0.29, 0.717) is 12.0 Å². The Morgan fingerprint density at radius 3 is 2.72 bits per heavy atom. The zero-order valence-corrected chi connectivity index (χ0v) is 16.7. The highest BCUT2D eigenvalue weighted by Gasteiger charge is 2.23. The fraction of sp³-hybridized carbons (Fsp3) is 0.500. The minimum Gasteiger partial charge on any atom is -0.299 e. The first-order valence-electron chi connectivity index (χ1n) is 9.36. The van der Waals surface area contributed by atoms with Gasteiger partial charge in [0.25, 0.3) is 0 Å². The molecule has 134 valence electrons. The summed E-state index contributed by atoms with van der Waals surface area (Å²) < 4.78 is 0. The first-order chi connectivity index (χ1) is 11.9. The standard InChI is InChI=1S/C24H33N/c1-7-8-9-11-21(4)12-10-13-24-17-16-23(6)25(24)19-18-22(5)15-14-20(2)3/h10,13-15,21,24H,6-7,11-12,16-17H2,1-5H3/b13-10+,22-15+. The quantitative estimate of drug-likeness (QED) is 0.327. The summed E-state index contributed by atoms with van der Waals surface area (Å²) in [7, 11) is 0. The van der Waals surface area contributed by atoms with Crippen LogP contribution in [0, 0.1) is 29.7 Å². The van der Waals surface area contributed by atoms with E-state index >= 15 is 0 Å². The Labute approximate surface area is 155 Å². The van der Waals surface area contributed by atoms with Crippen molar-refractivity contribution in [1.82, 2.24) is 4.90 Å². The fourth-order valence-electron chi connectivity index (χ4n) is 2.55. The van der Waals surface area contributed by atoms with Crippen LogP contribution in [0.2, 0.25) is 0 Å². The van der Waals surface area contributed by atoms with Gasteiger partial charge in [0.05, 0.1) is 6.04 Å². The lowest BCUT2D eigenvalue weighted by molar-refractivity contribution is 0.476. The van der Waals surface area contributed by atoms with Gasteiger partial charge in [0.15, 0.2) is 0 Å². The van der Waals surface area contributed by atoms with Crippen molar-refractivity contribution >= 4 is 0 Å². The molecule has 2 unspecified atom stereocenters. The van der Waals surface area contributed by atoms with Gasteiger partial charge in [0, 0.05) is 30.2 Å². The van der Waals surface area contributed by atoms with Crippen LogP contribution in [0.3, 0.4) is 0 Å². The molecule has 1 aliphatic rings. The minimum atomic E-state index is 0.352. The highest BCUT2D eigenvalue weighted by molar-refractivity contribution is 5.32. The molecule has 0 spiro atoms. The maximum absolute atomic E-state index is 4.17. The van der Waals surface area contributed by atoms with Crippen LogP contribution < -0.4 is 0 Å². The summed E-state index contributed by atoms with van der Waals surface area (Å²) in [5, 5.41) is 0. The van der Waals surface area contributed by atoms with E-state index < -0.39 is 0 Å². The van der Waals surface area contributed by atoms with Crippen LogP contribution in [-0.2, 0) is 0 Å². The highest BCUT2D eigenvalue weighted by Crippen LogP contribution is 2.26. The molecule has 1 aliphatic heterocycles. The maximum Gasteiger partial charge on any atom is 0.0606 e. The van der Waals surface area contributed by atoms with Crippen molar-refractivity contribution in [2.75, 3.05) is 0 Å². The first-order valence-corrected chi connectivity index (χ1v) is 9.36. The van der Waals surface area contributed by atoms with E-state index in [1.807, 2.05) is 0 Å². The summed E-state index contributed by atoms with van der Waals surface area (Å²) in [6.07, 6.45) is 13.9. The lowest BCUT2D eigenvalue weighted by atomic mass is 10.0. The number of hydrogen-bond donors (Lipinski definition) is 0. The van der Waals surface area contributed by atoms with E-state index in [-0.39, 0.29) is 0 Å². The Balaban J connectivity index is 2.65. The largest absolute Gasteiger partial charge is 0.299 e. The van der Waals surface area contributed by atoms with E-state index in [0.717, 1.165) is 43.4 Å². The van der Waals surface area contributed by atoms with Crippen molar-refractivity contribution in [3.8, 4) is 23.8 Å². The van der Waals surface area contributed by atoms with E-state index in [1.54, 1.807) is 0 Å². The summed E-state index contributed by atoms with van der Waals surface area (Å²) in [6, 6.07) is 3.65. The molecule has 0 aromatic carbocycles. The van der Waals surface area contributed by atoms with Gasteiger partial charge in [-0.2, -0.15) is 0 Å². The summed E-state index contributed by atoms with van der Waals surface area (Å²) in [5.74, 6) is 10.2. The van der Waals surface area contributed by atoms with Crippen molar-refractivity contribution in [3.05, 3.63) is 47.7 Å². The molecule has 0 radical (unpaired) electrons. The number of rotatable bonds is 5. The third-order valence-corrected chi connectivity index (χ3v) is 4.09. The number of allylic oxidation sites excluding steroid dienone is 6. The average Bonchev–Trinajstić information content (AvgIpc) is 2.91. The highest BCUT2D eigenvalue weighted by atomic mass is 15.2. The molecule has 0 saturated carbocycles. The van der Waals surface area contributed by atoms with Crippen molar-refractivity contribution in [2.24, 2.45) is 5.92 Å². The van der Waals surface area contributed by atoms with Crippen LogP contribution in [0.15, 0.2) is 47.7 Å². The smallest absolute Gasteiger partial charge is 0.0606 e. The van der Waals surface area contributed by atoms with E-state index in [4.69, 9.17) is 0 Å². The van der Waals surface area contributed by atoms with Crippen molar-refractivity contribution in [1.29, 1.82) is 0 Å². The van der Waals surface area contributed by atoms with Gasteiger partial charge in [-0.3, -0.25) is 4.90 Å². The Bertz CT molecular complexity index is 648. The van der Waals surface area contributed by atoms with E-state index in [2.05, 4.69) is 94.2 Å². The molecule has 1 rings (SSSR count). The molecular weight excluding hydrogens is 302 g/mol. The Morgan fingerprint density at radius 1 is 1.28 bits per heavy atom. The molecule has 1 nitrogen and oxygen atoms in total. The monoisotopic (exact) mass is 335 g/mol. The predicted octanol–water partition coefficient (Wildman–Crippen LogP) is 6.22. The van der Waals surface area contributed by atoms with Crippen molar-refractivity contribution in [2.45, 2.75) is 72.8 Å². The van der Waals surface area contributed by atoms with Gasteiger partial charge < -0.3 is 0 Å². The molecule has 25 heavy (non-hydrogen) atoms. The fourth-order valence-corrected chi connectivity index (χ4v) is 2.55. The second-order valence-electron chi connectivity index (χ2n) is 7.05. The Hall–Kier alpha value is -2.12. The number of nitrogens with zero attached hydrogens (tertiary/aromatic N) is 1. The molecule has 0 N–H and O–H groups in total. The van der Waals surface area contributed by atoms with Crippen LogP contribution in [0.4, 0.5) is 0 Å². The van der Waals surface area contributed by atoms with Gasteiger partial charge in [-0.1, -0.05) is 50.3 Å².